The fourth-order valence-corrected chi connectivity index (χ4v) is 2.08. The van der Waals surface area contributed by atoms with Crippen LogP contribution in [0.3, 0.4) is 0 Å². The Kier molecular flexibility index (Phi) is 4.71. The molecule has 2 amide bonds. The Balaban J connectivity index is 1.58. The van der Waals surface area contributed by atoms with Crippen molar-refractivity contribution in [1.82, 2.24) is 20.1 Å². The maximum Gasteiger partial charge on any atom is 0.319 e. The number of aromatic nitrogens is 3. The first-order valence-corrected chi connectivity index (χ1v) is 7.41. The molecule has 3 aromatic rings. The number of amides is 2. The normalized spacial score (nSPS) is 10.2. The third kappa shape index (κ3) is 4.10. The Hall–Kier alpha value is -3.35. The molecule has 0 spiro atoms. The van der Waals surface area contributed by atoms with Crippen LogP contribution in [0.1, 0.15) is 5.82 Å². The molecule has 7 heteroatoms. The summed E-state index contributed by atoms with van der Waals surface area (Å²) in [6.45, 7) is 0.294. The zero-order valence-corrected chi connectivity index (χ0v) is 13.1. The van der Waals surface area contributed by atoms with Crippen LogP contribution in [0.25, 0.3) is 0 Å². The van der Waals surface area contributed by atoms with Gasteiger partial charge < -0.3 is 15.4 Å². The number of hydrogen-bond acceptors (Lipinski definition) is 4. The van der Waals surface area contributed by atoms with Crippen molar-refractivity contribution in [3.05, 3.63) is 66.7 Å². The van der Waals surface area contributed by atoms with Crippen molar-refractivity contribution in [1.29, 1.82) is 0 Å². The molecule has 2 N–H and O–H groups in total. The van der Waals surface area contributed by atoms with Crippen LogP contribution in [0.2, 0.25) is 0 Å². The van der Waals surface area contributed by atoms with Gasteiger partial charge in [0, 0.05) is 18.8 Å². The summed E-state index contributed by atoms with van der Waals surface area (Å²) in [5.74, 6) is 2.06. The second-order valence-corrected chi connectivity index (χ2v) is 5.05. The number of hydrogen-bond donors (Lipinski definition) is 2. The van der Waals surface area contributed by atoms with Crippen molar-refractivity contribution < 1.29 is 9.53 Å². The van der Waals surface area contributed by atoms with Gasteiger partial charge in [0.25, 0.3) is 0 Å². The molecule has 7 nitrogen and oxygen atoms in total. The number of benzene rings is 2. The minimum Gasteiger partial charge on any atom is -0.457 e. The molecule has 0 radical (unpaired) electrons. The van der Waals surface area contributed by atoms with Gasteiger partial charge in [-0.1, -0.05) is 24.3 Å². The molecule has 1 heterocycles. The molecule has 3 rings (SSSR count). The molecule has 2 aromatic carbocycles. The monoisotopic (exact) mass is 323 g/mol. The largest absolute Gasteiger partial charge is 0.457 e. The lowest BCUT2D eigenvalue weighted by molar-refractivity contribution is 0.251. The van der Waals surface area contributed by atoms with Crippen molar-refractivity contribution in [2.75, 3.05) is 5.32 Å². The van der Waals surface area contributed by atoms with Crippen LogP contribution in [-0.4, -0.2) is 20.8 Å². The van der Waals surface area contributed by atoms with E-state index in [-0.39, 0.29) is 6.03 Å². The number of para-hydroxylation sites is 1. The van der Waals surface area contributed by atoms with E-state index >= 15 is 0 Å². The predicted molar refractivity (Wildman–Crippen MR) is 89.8 cm³/mol. The standard InChI is InChI=1S/C17H17N5O2/c1-22-16(19-12-20-22)11-18-17(23)21-13-6-5-9-15(10-13)24-14-7-3-2-4-8-14/h2-10,12H,11H2,1H3,(H2,18,21,23). The summed E-state index contributed by atoms with van der Waals surface area (Å²) in [6, 6.07) is 16.3. The molecule has 1 aromatic heterocycles. The highest BCUT2D eigenvalue weighted by Gasteiger charge is 2.06. The summed E-state index contributed by atoms with van der Waals surface area (Å²) in [6.07, 6.45) is 1.44. The van der Waals surface area contributed by atoms with Crippen LogP contribution < -0.4 is 15.4 Å². The third-order valence-electron chi connectivity index (χ3n) is 3.28. The van der Waals surface area contributed by atoms with Gasteiger partial charge in [0.05, 0.1) is 6.54 Å². The molecule has 0 saturated carbocycles. The Morgan fingerprint density at radius 2 is 1.92 bits per heavy atom. The number of urea groups is 1. The first-order valence-electron chi connectivity index (χ1n) is 7.41. The Morgan fingerprint density at radius 3 is 2.67 bits per heavy atom. The van der Waals surface area contributed by atoms with Crippen LogP contribution >= 0.6 is 0 Å². The number of anilines is 1. The van der Waals surface area contributed by atoms with Crippen molar-refractivity contribution >= 4 is 11.7 Å². The van der Waals surface area contributed by atoms with Crippen LogP contribution in [0.5, 0.6) is 11.5 Å². The average Bonchev–Trinajstić information content (AvgIpc) is 2.99. The number of carbonyl (C=O) groups is 1. The first-order chi connectivity index (χ1) is 11.7. The maximum atomic E-state index is 12.0. The molecule has 24 heavy (non-hydrogen) atoms. The van der Waals surface area contributed by atoms with E-state index in [2.05, 4.69) is 20.7 Å². The first kappa shape index (κ1) is 15.5. The quantitative estimate of drug-likeness (QED) is 0.756. The molecular weight excluding hydrogens is 306 g/mol. The van der Waals surface area contributed by atoms with Gasteiger partial charge in [-0.3, -0.25) is 4.68 Å². The summed E-state index contributed by atoms with van der Waals surface area (Å²) in [4.78, 5) is 16.0. The van der Waals surface area contributed by atoms with Crippen molar-refractivity contribution in [3.8, 4) is 11.5 Å². The van der Waals surface area contributed by atoms with Gasteiger partial charge in [-0.15, -0.1) is 0 Å². The molecule has 0 aliphatic carbocycles. The highest BCUT2D eigenvalue weighted by atomic mass is 16.5. The number of carbonyl (C=O) groups excluding carboxylic acids is 1. The van der Waals surface area contributed by atoms with E-state index in [0.29, 0.717) is 23.8 Å². The summed E-state index contributed by atoms with van der Waals surface area (Å²) in [5, 5.41) is 9.44. The summed E-state index contributed by atoms with van der Waals surface area (Å²) < 4.78 is 7.35. The van der Waals surface area contributed by atoms with Crippen molar-refractivity contribution in [2.24, 2.45) is 7.05 Å². The second kappa shape index (κ2) is 7.28. The lowest BCUT2D eigenvalue weighted by Crippen LogP contribution is -2.29. The van der Waals surface area contributed by atoms with Crippen LogP contribution in [-0.2, 0) is 13.6 Å². The fourth-order valence-electron chi connectivity index (χ4n) is 2.08. The number of nitrogens with zero attached hydrogens (tertiary/aromatic N) is 3. The van der Waals surface area contributed by atoms with E-state index in [0.717, 1.165) is 5.75 Å². The second-order valence-electron chi connectivity index (χ2n) is 5.05. The highest BCUT2D eigenvalue weighted by molar-refractivity contribution is 5.89. The molecule has 122 valence electrons. The lowest BCUT2D eigenvalue weighted by atomic mass is 10.3. The Bertz CT molecular complexity index is 817. The smallest absolute Gasteiger partial charge is 0.319 e. The van der Waals surface area contributed by atoms with Crippen LogP contribution in [0.15, 0.2) is 60.9 Å². The SMILES string of the molecule is Cn1ncnc1CNC(=O)Nc1cccc(Oc2ccccc2)c1. The summed E-state index contributed by atoms with van der Waals surface area (Å²) >= 11 is 0. The van der Waals surface area contributed by atoms with E-state index in [1.165, 1.54) is 6.33 Å². The van der Waals surface area contributed by atoms with Crippen molar-refractivity contribution in [2.45, 2.75) is 6.54 Å². The van der Waals surface area contributed by atoms with Gasteiger partial charge in [-0.2, -0.15) is 5.10 Å². The number of nitrogens with one attached hydrogen (secondary N) is 2. The van der Waals surface area contributed by atoms with Gasteiger partial charge in [0.2, 0.25) is 0 Å². The highest BCUT2D eigenvalue weighted by Crippen LogP contribution is 2.23. The molecule has 0 saturated heterocycles. The fraction of sp³-hybridized carbons (Fsp3) is 0.118. The maximum absolute atomic E-state index is 12.0. The molecule has 0 aliphatic heterocycles. The van der Waals surface area contributed by atoms with E-state index in [9.17, 15) is 4.79 Å². The van der Waals surface area contributed by atoms with Gasteiger partial charge in [-0.25, -0.2) is 9.78 Å². The van der Waals surface area contributed by atoms with Crippen LogP contribution in [0, 0.1) is 0 Å². The molecule has 0 fully saturated rings. The minimum absolute atomic E-state index is 0.294. The predicted octanol–water partition coefficient (Wildman–Crippen LogP) is 2.93. The summed E-state index contributed by atoms with van der Waals surface area (Å²) in [7, 11) is 1.77. The van der Waals surface area contributed by atoms with Crippen molar-refractivity contribution in [3.63, 3.8) is 0 Å². The Morgan fingerprint density at radius 1 is 1.12 bits per heavy atom. The van der Waals surface area contributed by atoms with E-state index in [4.69, 9.17) is 4.74 Å². The number of aryl methyl sites for hydroxylation is 1. The average molecular weight is 323 g/mol. The minimum atomic E-state index is -0.324. The van der Waals surface area contributed by atoms with Gasteiger partial charge in [0.1, 0.15) is 23.7 Å². The zero-order valence-electron chi connectivity index (χ0n) is 13.1. The topological polar surface area (TPSA) is 81.1 Å². The van der Waals surface area contributed by atoms with Gasteiger partial charge in [0.15, 0.2) is 0 Å². The molecule has 0 aliphatic rings. The molecule has 0 bridgehead atoms. The molecule has 0 unspecified atom stereocenters. The van der Waals surface area contributed by atoms with Gasteiger partial charge >= 0.3 is 6.03 Å². The van der Waals surface area contributed by atoms with Crippen LogP contribution in [0.4, 0.5) is 10.5 Å². The van der Waals surface area contributed by atoms with Gasteiger partial charge in [-0.05, 0) is 24.3 Å². The summed E-state index contributed by atoms with van der Waals surface area (Å²) in [5.41, 5.74) is 0.638. The number of rotatable bonds is 5. The zero-order chi connectivity index (χ0) is 16.8. The lowest BCUT2D eigenvalue weighted by Gasteiger charge is -2.10. The number of ether oxygens (including phenoxy) is 1. The Labute approximate surface area is 139 Å². The van der Waals surface area contributed by atoms with E-state index in [1.807, 2.05) is 42.5 Å². The molecular formula is C17H17N5O2. The van der Waals surface area contributed by atoms with E-state index < -0.39 is 0 Å². The molecule has 0 atom stereocenters. The third-order valence-corrected chi connectivity index (χ3v) is 3.28. The van der Waals surface area contributed by atoms with E-state index in [1.54, 1.807) is 23.9 Å².